The third-order valence-corrected chi connectivity index (χ3v) is 5.82. The van der Waals surface area contributed by atoms with Crippen molar-refractivity contribution < 1.29 is 9.72 Å². The lowest BCUT2D eigenvalue weighted by Gasteiger charge is -2.36. The van der Waals surface area contributed by atoms with Crippen LogP contribution in [0.1, 0.15) is 55.8 Å². The number of hydrogen-bond acceptors (Lipinski definition) is 6. The van der Waals surface area contributed by atoms with Crippen molar-refractivity contribution in [3.05, 3.63) is 57.0 Å². The maximum Gasteiger partial charge on any atom is 0.269 e. The van der Waals surface area contributed by atoms with Crippen LogP contribution in [0.5, 0.6) is 0 Å². The molecule has 0 bridgehead atoms. The zero-order chi connectivity index (χ0) is 21.8. The number of benzene rings is 1. The number of amides is 1. The minimum atomic E-state index is -0.390. The molecule has 0 spiro atoms. The number of piperazine rings is 1. The fourth-order valence-electron chi connectivity index (χ4n) is 3.65. The minimum absolute atomic E-state index is 0.0828. The van der Waals surface area contributed by atoms with E-state index in [1.807, 2.05) is 11.8 Å². The molecule has 2 aromatic rings. The van der Waals surface area contributed by atoms with Gasteiger partial charge in [-0.05, 0) is 18.9 Å². The number of non-ortho nitro benzene ring substituents is 1. The normalized spacial score (nSPS) is 15.2. The van der Waals surface area contributed by atoms with Crippen molar-refractivity contribution in [3.63, 3.8) is 0 Å². The van der Waals surface area contributed by atoms with E-state index in [1.54, 1.807) is 19.1 Å². The van der Waals surface area contributed by atoms with Crippen molar-refractivity contribution in [1.82, 2.24) is 14.9 Å². The highest BCUT2D eigenvalue weighted by Gasteiger charge is 2.24. The summed E-state index contributed by atoms with van der Waals surface area (Å²) >= 11 is 0. The van der Waals surface area contributed by atoms with Crippen molar-refractivity contribution in [1.29, 1.82) is 0 Å². The number of carbonyl (C=O) groups is 1. The van der Waals surface area contributed by atoms with E-state index >= 15 is 0 Å². The van der Waals surface area contributed by atoms with Crippen LogP contribution < -0.4 is 4.90 Å². The Kier molecular flexibility index (Phi) is 6.64. The van der Waals surface area contributed by atoms with E-state index in [0.717, 1.165) is 48.0 Å². The van der Waals surface area contributed by atoms with Gasteiger partial charge in [0.05, 0.1) is 4.92 Å². The first kappa shape index (κ1) is 21.7. The smallest absolute Gasteiger partial charge is 0.269 e. The second kappa shape index (κ2) is 9.19. The lowest BCUT2D eigenvalue weighted by molar-refractivity contribution is -0.384. The summed E-state index contributed by atoms with van der Waals surface area (Å²) in [5, 5.41) is 10.9. The summed E-state index contributed by atoms with van der Waals surface area (Å²) in [6.07, 6.45) is 1.56. The highest BCUT2D eigenvalue weighted by molar-refractivity contribution is 5.73. The van der Waals surface area contributed by atoms with Gasteiger partial charge < -0.3 is 9.80 Å². The van der Waals surface area contributed by atoms with Crippen LogP contribution in [-0.4, -0.2) is 51.9 Å². The SMILES string of the molecule is CC[C@H](C)c1nc(C)c(Cc2ccc([N+](=O)[O-])cc2)c(N2CCN(C(C)=O)CC2)n1. The zero-order valence-electron chi connectivity index (χ0n) is 18.1. The quantitative estimate of drug-likeness (QED) is 0.534. The molecule has 3 rings (SSSR count). The molecular weight excluding hydrogens is 382 g/mol. The molecule has 1 aromatic carbocycles. The standard InChI is InChI=1S/C22H29N5O3/c1-5-15(2)21-23-16(3)20(14-18-6-8-19(9-7-18)27(29)30)22(24-21)26-12-10-25(11-13-26)17(4)28/h6-9,15H,5,10-14H2,1-4H3/t15-/m0/s1. The molecule has 0 unspecified atom stereocenters. The summed E-state index contributed by atoms with van der Waals surface area (Å²) < 4.78 is 0. The van der Waals surface area contributed by atoms with Crippen LogP contribution in [0, 0.1) is 17.0 Å². The second-order valence-electron chi connectivity index (χ2n) is 7.87. The summed E-state index contributed by atoms with van der Waals surface area (Å²) in [6.45, 7) is 10.7. The average Bonchev–Trinajstić information content (AvgIpc) is 2.74. The van der Waals surface area contributed by atoms with Gasteiger partial charge in [-0.3, -0.25) is 14.9 Å². The molecule has 8 heteroatoms. The van der Waals surface area contributed by atoms with Crippen molar-refractivity contribution in [3.8, 4) is 0 Å². The number of anilines is 1. The highest BCUT2D eigenvalue weighted by Crippen LogP contribution is 2.28. The number of nitrogens with zero attached hydrogens (tertiary/aromatic N) is 5. The summed E-state index contributed by atoms with van der Waals surface area (Å²) in [4.78, 5) is 36.1. The highest BCUT2D eigenvalue weighted by atomic mass is 16.6. The monoisotopic (exact) mass is 411 g/mol. The molecule has 0 aliphatic carbocycles. The van der Waals surface area contributed by atoms with Crippen LogP contribution >= 0.6 is 0 Å². The average molecular weight is 412 g/mol. The second-order valence-corrected chi connectivity index (χ2v) is 7.87. The summed E-state index contributed by atoms with van der Waals surface area (Å²) in [6, 6.07) is 6.64. The van der Waals surface area contributed by atoms with Gasteiger partial charge >= 0.3 is 0 Å². The first-order valence-electron chi connectivity index (χ1n) is 10.4. The Balaban J connectivity index is 1.94. The molecule has 30 heavy (non-hydrogen) atoms. The molecular formula is C22H29N5O3. The Morgan fingerprint density at radius 1 is 1.17 bits per heavy atom. The van der Waals surface area contributed by atoms with Crippen molar-refractivity contribution in [2.45, 2.75) is 46.5 Å². The van der Waals surface area contributed by atoms with Gasteiger partial charge in [0, 0.05) is 68.8 Å². The van der Waals surface area contributed by atoms with Gasteiger partial charge in [-0.25, -0.2) is 9.97 Å². The predicted molar refractivity (Wildman–Crippen MR) is 116 cm³/mol. The van der Waals surface area contributed by atoms with Crippen molar-refractivity contribution >= 4 is 17.4 Å². The first-order chi connectivity index (χ1) is 14.3. The Labute approximate surface area is 177 Å². The topological polar surface area (TPSA) is 92.5 Å². The van der Waals surface area contributed by atoms with Crippen LogP contribution in [-0.2, 0) is 11.2 Å². The van der Waals surface area contributed by atoms with Crippen LogP contribution in [0.4, 0.5) is 11.5 Å². The largest absolute Gasteiger partial charge is 0.353 e. The van der Waals surface area contributed by atoms with E-state index in [0.29, 0.717) is 19.5 Å². The van der Waals surface area contributed by atoms with E-state index in [2.05, 4.69) is 18.7 Å². The maximum atomic E-state index is 11.7. The molecule has 1 fully saturated rings. The molecule has 2 heterocycles. The molecule has 0 N–H and O–H groups in total. The van der Waals surface area contributed by atoms with Gasteiger partial charge in [0.15, 0.2) is 0 Å². The number of hydrogen-bond donors (Lipinski definition) is 0. The molecule has 8 nitrogen and oxygen atoms in total. The third-order valence-electron chi connectivity index (χ3n) is 5.82. The van der Waals surface area contributed by atoms with Crippen LogP contribution in [0.2, 0.25) is 0 Å². The number of nitro groups is 1. The van der Waals surface area contributed by atoms with Crippen molar-refractivity contribution in [2.75, 3.05) is 31.1 Å². The van der Waals surface area contributed by atoms with Gasteiger partial charge in [0.25, 0.3) is 5.69 Å². The number of aromatic nitrogens is 2. The first-order valence-corrected chi connectivity index (χ1v) is 10.4. The van der Waals surface area contributed by atoms with E-state index in [-0.39, 0.29) is 22.4 Å². The third kappa shape index (κ3) is 4.75. The number of carbonyl (C=O) groups excluding carboxylic acids is 1. The van der Waals surface area contributed by atoms with Crippen LogP contribution in [0.25, 0.3) is 0 Å². The Morgan fingerprint density at radius 3 is 2.33 bits per heavy atom. The van der Waals surface area contributed by atoms with E-state index in [1.165, 1.54) is 12.1 Å². The van der Waals surface area contributed by atoms with E-state index in [9.17, 15) is 14.9 Å². The minimum Gasteiger partial charge on any atom is -0.353 e. The molecule has 0 saturated carbocycles. The van der Waals surface area contributed by atoms with Gasteiger partial charge in [-0.15, -0.1) is 0 Å². The number of aryl methyl sites for hydroxylation is 1. The molecule has 1 amide bonds. The lowest BCUT2D eigenvalue weighted by Crippen LogP contribution is -2.48. The molecule has 1 aromatic heterocycles. The number of rotatable bonds is 6. The number of nitro benzene ring substituents is 1. The van der Waals surface area contributed by atoms with E-state index < -0.39 is 0 Å². The zero-order valence-corrected chi connectivity index (χ0v) is 18.1. The van der Waals surface area contributed by atoms with Gasteiger partial charge in [-0.1, -0.05) is 26.0 Å². The molecule has 1 aliphatic rings. The van der Waals surface area contributed by atoms with E-state index in [4.69, 9.17) is 9.97 Å². The van der Waals surface area contributed by atoms with Gasteiger partial charge in [-0.2, -0.15) is 0 Å². The lowest BCUT2D eigenvalue weighted by atomic mass is 10.0. The fraction of sp³-hybridized carbons (Fsp3) is 0.500. The summed E-state index contributed by atoms with van der Waals surface area (Å²) in [5.74, 6) is 2.11. The Bertz CT molecular complexity index is 921. The Morgan fingerprint density at radius 2 is 1.80 bits per heavy atom. The predicted octanol–water partition coefficient (Wildman–Crippen LogP) is 3.47. The molecule has 1 aliphatic heterocycles. The van der Waals surface area contributed by atoms with Crippen LogP contribution in [0.15, 0.2) is 24.3 Å². The summed E-state index contributed by atoms with van der Waals surface area (Å²) in [5.41, 5.74) is 3.03. The van der Waals surface area contributed by atoms with Gasteiger partial charge in [0.1, 0.15) is 11.6 Å². The fourth-order valence-corrected chi connectivity index (χ4v) is 3.65. The molecule has 160 valence electrons. The van der Waals surface area contributed by atoms with Crippen molar-refractivity contribution in [2.24, 2.45) is 0 Å². The molecule has 1 saturated heterocycles. The van der Waals surface area contributed by atoms with Gasteiger partial charge in [0.2, 0.25) is 5.91 Å². The molecule has 1 atom stereocenters. The van der Waals surface area contributed by atoms with Crippen LogP contribution in [0.3, 0.4) is 0 Å². The maximum absolute atomic E-state index is 11.7. The summed E-state index contributed by atoms with van der Waals surface area (Å²) in [7, 11) is 0. The Hall–Kier alpha value is -3.03. The molecule has 0 radical (unpaired) electrons.